The third-order valence-corrected chi connectivity index (χ3v) is 4.68. The number of hydrogen-bond donors (Lipinski definition) is 1. The van der Waals surface area contributed by atoms with E-state index in [2.05, 4.69) is 45.8 Å². The molecule has 0 radical (unpaired) electrons. The molecule has 2 aromatic rings. The van der Waals surface area contributed by atoms with Crippen molar-refractivity contribution in [3.05, 3.63) is 36.7 Å². The van der Waals surface area contributed by atoms with Crippen LogP contribution in [0.25, 0.3) is 11.3 Å². The molecular weight excluding hydrogens is 294 g/mol. The Morgan fingerprint density at radius 3 is 2.55 bits per heavy atom. The van der Waals surface area contributed by atoms with E-state index < -0.39 is 0 Å². The predicted molar refractivity (Wildman–Crippen MR) is 90.3 cm³/mol. The van der Waals surface area contributed by atoms with Crippen LogP contribution in [0.2, 0.25) is 0 Å². The van der Waals surface area contributed by atoms with Gasteiger partial charge in [0.2, 0.25) is 5.88 Å². The van der Waals surface area contributed by atoms with Crippen molar-refractivity contribution < 1.29 is 4.74 Å². The van der Waals surface area contributed by atoms with Gasteiger partial charge in [-0.25, -0.2) is 9.97 Å². The molecule has 0 unspecified atom stereocenters. The van der Waals surface area contributed by atoms with Gasteiger partial charge in [0, 0.05) is 10.5 Å². The minimum absolute atomic E-state index is 0.614. The molecule has 1 aromatic heterocycles. The fraction of sp³-hybridized carbons (Fsp3) is 0.412. The average molecular weight is 315 g/mol. The first-order valence-corrected chi connectivity index (χ1v) is 8.87. The van der Waals surface area contributed by atoms with Crippen LogP contribution >= 0.6 is 11.8 Å². The zero-order valence-electron chi connectivity index (χ0n) is 12.8. The molecule has 116 valence electrons. The Balaban J connectivity index is 1.59. The number of thioether (sulfide) groups is 1. The Labute approximate surface area is 135 Å². The largest absolute Gasteiger partial charge is 0.476 e. The van der Waals surface area contributed by atoms with Gasteiger partial charge in [0.25, 0.3) is 0 Å². The summed E-state index contributed by atoms with van der Waals surface area (Å²) >= 11 is 1.73. The summed E-state index contributed by atoms with van der Waals surface area (Å²) in [5.74, 6) is 1.24. The minimum Gasteiger partial charge on any atom is -0.476 e. The summed E-state index contributed by atoms with van der Waals surface area (Å²) in [5, 5.41) is 3.36. The number of rotatable bonds is 5. The van der Waals surface area contributed by atoms with E-state index in [1.54, 1.807) is 24.2 Å². The fourth-order valence-electron chi connectivity index (χ4n) is 2.55. The number of hydrogen-bond acceptors (Lipinski definition) is 5. The number of piperidine rings is 1. The van der Waals surface area contributed by atoms with Gasteiger partial charge in [-0.2, -0.15) is 0 Å². The molecule has 0 amide bonds. The molecule has 0 saturated carbocycles. The first kappa shape index (κ1) is 15.3. The lowest BCUT2D eigenvalue weighted by Gasteiger charge is -2.22. The molecule has 3 rings (SSSR count). The van der Waals surface area contributed by atoms with E-state index in [4.69, 9.17) is 4.74 Å². The second kappa shape index (κ2) is 7.61. The molecule has 0 bridgehead atoms. The Bertz CT molecular complexity index is 580. The third kappa shape index (κ3) is 3.99. The van der Waals surface area contributed by atoms with Crippen LogP contribution < -0.4 is 10.1 Å². The third-order valence-electron chi connectivity index (χ3n) is 3.94. The van der Waals surface area contributed by atoms with Crippen LogP contribution in [0.5, 0.6) is 5.88 Å². The van der Waals surface area contributed by atoms with Gasteiger partial charge in [0.05, 0.1) is 24.7 Å². The maximum absolute atomic E-state index is 5.77. The van der Waals surface area contributed by atoms with Crippen molar-refractivity contribution in [2.75, 3.05) is 26.0 Å². The van der Waals surface area contributed by atoms with Crippen molar-refractivity contribution in [1.82, 2.24) is 15.3 Å². The summed E-state index contributed by atoms with van der Waals surface area (Å²) in [4.78, 5) is 10.1. The SMILES string of the molecule is CSc1ccc(-c2cnc(OCC3CCNCC3)cn2)cc1. The van der Waals surface area contributed by atoms with Crippen molar-refractivity contribution in [3.63, 3.8) is 0 Å². The standard InChI is InChI=1S/C17H21N3OS/c1-22-15-4-2-14(3-5-15)16-10-20-17(11-19-16)21-12-13-6-8-18-9-7-13/h2-5,10-11,13,18H,6-9,12H2,1H3. The fourth-order valence-corrected chi connectivity index (χ4v) is 2.96. The second-order valence-corrected chi connectivity index (χ2v) is 6.35. The quantitative estimate of drug-likeness (QED) is 0.858. The first-order chi connectivity index (χ1) is 10.8. The number of nitrogens with one attached hydrogen (secondary N) is 1. The number of ether oxygens (including phenoxy) is 1. The van der Waals surface area contributed by atoms with Crippen molar-refractivity contribution >= 4 is 11.8 Å². The van der Waals surface area contributed by atoms with E-state index in [1.807, 2.05) is 0 Å². The molecule has 5 heteroatoms. The highest BCUT2D eigenvalue weighted by Crippen LogP contribution is 2.22. The summed E-state index contributed by atoms with van der Waals surface area (Å²) in [6.45, 7) is 2.91. The minimum atomic E-state index is 0.614. The van der Waals surface area contributed by atoms with Crippen molar-refractivity contribution in [2.45, 2.75) is 17.7 Å². The zero-order valence-corrected chi connectivity index (χ0v) is 13.6. The van der Waals surface area contributed by atoms with Crippen LogP contribution in [-0.2, 0) is 0 Å². The monoisotopic (exact) mass is 315 g/mol. The Morgan fingerprint density at radius 2 is 1.91 bits per heavy atom. The van der Waals surface area contributed by atoms with Crippen LogP contribution in [0.4, 0.5) is 0 Å². The molecule has 2 heterocycles. The van der Waals surface area contributed by atoms with Gasteiger partial charge in [0.1, 0.15) is 0 Å². The highest BCUT2D eigenvalue weighted by atomic mass is 32.2. The molecule has 0 aliphatic carbocycles. The van der Waals surface area contributed by atoms with Crippen LogP contribution in [-0.4, -0.2) is 35.9 Å². The first-order valence-electron chi connectivity index (χ1n) is 7.65. The van der Waals surface area contributed by atoms with E-state index in [0.717, 1.165) is 31.0 Å². The molecule has 22 heavy (non-hydrogen) atoms. The van der Waals surface area contributed by atoms with Gasteiger partial charge >= 0.3 is 0 Å². The maximum Gasteiger partial charge on any atom is 0.232 e. The topological polar surface area (TPSA) is 47.0 Å². The van der Waals surface area contributed by atoms with E-state index in [1.165, 1.54) is 17.7 Å². The smallest absolute Gasteiger partial charge is 0.232 e. The molecular formula is C17H21N3OS. The molecule has 4 nitrogen and oxygen atoms in total. The molecule has 1 aliphatic rings. The summed E-state index contributed by atoms with van der Waals surface area (Å²) in [6.07, 6.45) is 7.93. The van der Waals surface area contributed by atoms with Gasteiger partial charge in [-0.05, 0) is 50.2 Å². The van der Waals surface area contributed by atoms with E-state index in [-0.39, 0.29) is 0 Å². The van der Waals surface area contributed by atoms with E-state index in [9.17, 15) is 0 Å². The van der Waals surface area contributed by atoms with Gasteiger partial charge in [-0.15, -0.1) is 11.8 Å². The van der Waals surface area contributed by atoms with Crippen LogP contribution in [0.15, 0.2) is 41.6 Å². The molecule has 0 spiro atoms. The van der Waals surface area contributed by atoms with Gasteiger partial charge in [0.15, 0.2) is 0 Å². The van der Waals surface area contributed by atoms with Crippen molar-refractivity contribution in [3.8, 4) is 17.1 Å². The molecule has 1 aliphatic heterocycles. The molecule has 1 N–H and O–H groups in total. The molecule has 0 atom stereocenters. The van der Waals surface area contributed by atoms with E-state index in [0.29, 0.717) is 11.8 Å². The maximum atomic E-state index is 5.77. The summed E-state index contributed by atoms with van der Waals surface area (Å²) in [7, 11) is 0. The highest BCUT2D eigenvalue weighted by Gasteiger charge is 2.13. The van der Waals surface area contributed by atoms with Gasteiger partial charge in [-0.3, -0.25) is 0 Å². The summed E-state index contributed by atoms with van der Waals surface area (Å²) < 4.78 is 5.77. The highest BCUT2D eigenvalue weighted by molar-refractivity contribution is 7.98. The van der Waals surface area contributed by atoms with Crippen LogP contribution in [0, 0.1) is 5.92 Å². The average Bonchev–Trinajstić information content (AvgIpc) is 2.61. The predicted octanol–water partition coefficient (Wildman–Crippen LogP) is 3.24. The summed E-state index contributed by atoms with van der Waals surface area (Å²) in [6, 6.07) is 8.35. The normalized spacial score (nSPS) is 15.7. The van der Waals surface area contributed by atoms with Crippen molar-refractivity contribution in [1.29, 1.82) is 0 Å². The number of aromatic nitrogens is 2. The Morgan fingerprint density at radius 1 is 1.14 bits per heavy atom. The van der Waals surface area contributed by atoms with Crippen LogP contribution in [0.1, 0.15) is 12.8 Å². The number of benzene rings is 1. The van der Waals surface area contributed by atoms with Gasteiger partial charge in [-0.1, -0.05) is 12.1 Å². The summed E-state index contributed by atoms with van der Waals surface area (Å²) in [5.41, 5.74) is 1.96. The van der Waals surface area contributed by atoms with Crippen LogP contribution in [0.3, 0.4) is 0 Å². The second-order valence-electron chi connectivity index (χ2n) is 5.47. The van der Waals surface area contributed by atoms with Crippen molar-refractivity contribution in [2.24, 2.45) is 5.92 Å². The lowest BCUT2D eigenvalue weighted by molar-refractivity contribution is 0.208. The van der Waals surface area contributed by atoms with E-state index >= 15 is 0 Å². The molecule has 1 fully saturated rings. The Kier molecular flexibility index (Phi) is 5.29. The van der Waals surface area contributed by atoms with Gasteiger partial charge < -0.3 is 10.1 Å². The molecule has 1 aromatic carbocycles. The Hall–Kier alpha value is -1.59. The zero-order chi connectivity index (χ0) is 15.2. The lowest BCUT2D eigenvalue weighted by atomic mass is 9.99. The lowest BCUT2D eigenvalue weighted by Crippen LogP contribution is -2.30. The number of nitrogens with zero attached hydrogens (tertiary/aromatic N) is 2. The molecule has 1 saturated heterocycles.